The molecule has 25 heavy (non-hydrogen) atoms. The highest BCUT2D eigenvalue weighted by atomic mass is 79.9. The molecule has 0 radical (unpaired) electrons. The summed E-state index contributed by atoms with van der Waals surface area (Å²) < 4.78 is 6.77. The minimum absolute atomic E-state index is 0.0175. The van der Waals surface area contributed by atoms with Gasteiger partial charge in [-0.3, -0.25) is 0 Å². The third-order valence-electron chi connectivity index (χ3n) is 3.20. The topological polar surface area (TPSA) is 50.1 Å². The SMILES string of the molecule is COC(=O)/C(C#N)=C\c1cc(-c2ccc(Br)s2)sc1-c1ccc(Br)s1. The Morgan fingerprint density at radius 2 is 1.72 bits per heavy atom. The molecule has 126 valence electrons. The number of esters is 1. The van der Waals surface area contributed by atoms with E-state index in [4.69, 9.17) is 0 Å². The van der Waals surface area contributed by atoms with Gasteiger partial charge in [0.25, 0.3) is 0 Å². The molecular weight excluding hydrogens is 506 g/mol. The maximum absolute atomic E-state index is 11.8. The number of rotatable bonds is 4. The summed E-state index contributed by atoms with van der Waals surface area (Å²) in [7, 11) is 1.27. The molecule has 0 aliphatic carbocycles. The zero-order chi connectivity index (χ0) is 18.0. The van der Waals surface area contributed by atoms with Crippen LogP contribution in [0.15, 0.2) is 43.5 Å². The van der Waals surface area contributed by atoms with Crippen LogP contribution in [0, 0.1) is 11.3 Å². The molecule has 8 heteroatoms. The Bertz CT molecular complexity index is 1010. The van der Waals surface area contributed by atoms with Gasteiger partial charge in [0, 0.05) is 14.6 Å². The van der Waals surface area contributed by atoms with E-state index in [0.717, 1.165) is 32.6 Å². The molecule has 0 bridgehead atoms. The highest BCUT2D eigenvalue weighted by molar-refractivity contribution is 9.11. The lowest BCUT2D eigenvalue weighted by atomic mass is 10.1. The van der Waals surface area contributed by atoms with Crippen molar-refractivity contribution in [2.24, 2.45) is 0 Å². The minimum Gasteiger partial charge on any atom is -0.465 e. The average Bonchev–Trinajstić information content (AvgIpc) is 3.31. The van der Waals surface area contributed by atoms with E-state index < -0.39 is 5.97 Å². The molecule has 3 nitrogen and oxygen atoms in total. The average molecular weight is 515 g/mol. The van der Waals surface area contributed by atoms with E-state index in [1.165, 1.54) is 7.11 Å². The second kappa shape index (κ2) is 7.98. The Balaban J connectivity index is 2.15. The zero-order valence-electron chi connectivity index (χ0n) is 12.7. The fourth-order valence-corrected chi connectivity index (χ4v) is 6.24. The summed E-state index contributed by atoms with van der Waals surface area (Å²) in [6.45, 7) is 0. The van der Waals surface area contributed by atoms with Crippen molar-refractivity contribution in [3.05, 3.63) is 49.0 Å². The molecule has 3 rings (SSSR count). The largest absolute Gasteiger partial charge is 0.465 e. The standard InChI is InChI=1S/C17H9Br2NO2S3/c1-22-17(21)10(8-20)6-9-7-13(11-2-4-14(18)23-11)25-16(9)12-3-5-15(19)24-12/h2-7H,1H3/b10-6-. The Morgan fingerprint density at radius 3 is 2.24 bits per heavy atom. The quantitative estimate of drug-likeness (QED) is 0.218. The predicted octanol–water partition coefficient (Wildman–Crippen LogP) is 6.81. The molecule has 0 atom stereocenters. The van der Waals surface area contributed by atoms with Crippen LogP contribution in [0.2, 0.25) is 0 Å². The summed E-state index contributed by atoms with van der Waals surface area (Å²) >= 11 is 11.9. The van der Waals surface area contributed by atoms with E-state index in [2.05, 4.69) is 36.6 Å². The molecule has 3 heterocycles. The van der Waals surface area contributed by atoms with Crippen LogP contribution in [-0.4, -0.2) is 13.1 Å². The first-order valence-corrected chi connectivity index (χ1v) is 10.9. The summed E-state index contributed by atoms with van der Waals surface area (Å²) in [6, 6.07) is 12.0. The Labute approximate surface area is 173 Å². The van der Waals surface area contributed by atoms with Crippen molar-refractivity contribution in [1.29, 1.82) is 5.26 Å². The Kier molecular flexibility index (Phi) is 5.92. The third-order valence-corrected chi connectivity index (χ3v) is 7.97. The number of ether oxygens (including phenoxy) is 1. The lowest BCUT2D eigenvalue weighted by Crippen LogP contribution is -2.02. The molecule has 0 aliphatic rings. The lowest BCUT2D eigenvalue weighted by Gasteiger charge is -1.98. The summed E-state index contributed by atoms with van der Waals surface area (Å²) in [5, 5.41) is 9.26. The fourth-order valence-electron chi connectivity index (χ4n) is 2.11. The molecule has 0 aliphatic heterocycles. The van der Waals surface area contributed by atoms with Gasteiger partial charge in [0.1, 0.15) is 11.6 Å². The zero-order valence-corrected chi connectivity index (χ0v) is 18.3. The van der Waals surface area contributed by atoms with Gasteiger partial charge >= 0.3 is 5.97 Å². The van der Waals surface area contributed by atoms with Gasteiger partial charge < -0.3 is 4.74 Å². The van der Waals surface area contributed by atoms with Gasteiger partial charge in [-0.15, -0.1) is 34.0 Å². The van der Waals surface area contributed by atoms with Gasteiger partial charge in [-0.1, -0.05) is 0 Å². The van der Waals surface area contributed by atoms with Gasteiger partial charge in [0.05, 0.1) is 19.6 Å². The Morgan fingerprint density at radius 1 is 1.08 bits per heavy atom. The first-order valence-electron chi connectivity index (χ1n) is 6.87. The van der Waals surface area contributed by atoms with Crippen LogP contribution >= 0.6 is 65.9 Å². The molecule has 3 aromatic heterocycles. The van der Waals surface area contributed by atoms with E-state index in [1.54, 1.807) is 40.1 Å². The number of hydrogen-bond donors (Lipinski definition) is 0. The molecule has 3 aromatic rings. The van der Waals surface area contributed by atoms with E-state index in [-0.39, 0.29) is 5.57 Å². The van der Waals surface area contributed by atoms with E-state index >= 15 is 0 Å². The first-order chi connectivity index (χ1) is 12.0. The maximum atomic E-state index is 11.8. The summed E-state index contributed by atoms with van der Waals surface area (Å²) in [5.41, 5.74) is 0.817. The van der Waals surface area contributed by atoms with E-state index in [1.807, 2.05) is 36.4 Å². The van der Waals surface area contributed by atoms with Crippen LogP contribution in [0.1, 0.15) is 5.56 Å². The van der Waals surface area contributed by atoms with Gasteiger partial charge in [-0.25, -0.2) is 4.79 Å². The van der Waals surface area contributed by atoms with Gasteiger partial charge in [0.15, 0.2) is 0 Å². The fraction of sp³-hybridized carbons (Fsp3) is 0.0588. The second-order valence-corrected chi connectivity index (χ2v) is 10.7. The third kappa shape index (κ3) is 4.13. The Hall–Kier alpha value is -1.24. The number of carbonyl (C=O) groups is 1. The summed E-state index contributed by atoms with van der Waals surface area (Å²) in [6.07, 6.45) is 1.59. The highest BCUT2D eigenvalue weighted by Crippen LogP contribution is 2.44. The van der Waals surface area contributed by atoms with Crippen LogP contribution in [-0.2, 0) is 9.53 Å². The molecular formula is C17H9Br2NO2S3. The van der Waals surface area contributed by atoms with Gasteiger partial charge in [0.2, 0.25) is 0 Å². The summed E-state index contributed by atoms with van der Waals surface area (Å²) in [5.74, 6) is -0.632. The maximum Gasteiger partial charge on any atom is 0.348 e. The van der Waals surface area contributed by atoms with E-state index in [9.17, 15) is 10.1 Å². The minimum atomic E-state index is -0.632. The molecule has 0 fully saturated rings. The number of methoxy groups -OCH3 is 1. The van der Waals surface area contributed by atoms with Crippen molar-refractivity contribution in [2.75, 3.05) is 7.11 Å². The van der Waals surface area contributed by atoms with Crippen molar-refractivity contribution in [3.8, 4) is 25.6 Å². The molecule has 0 amide bonds. The summed E-state index contributed by atoms with van der Waals surface area (Å²) in [4.78, 5) is 16.1. The highest BCUT2D eigenvalue weighted by Gasteiger charge is 2.17. The number of nitriles is 1. The molecule has 0 aromatic carbocycles. The van der Waals surface area contributed by atoms with Gasteiger partial charge in [-0.05, 0) is 73.8 Å². The van der Waals surface area contributed by atoms with Gasteiger partial charge in [-0.2, -0.15) is 5.26 Å². The van der Waals surface area contributed by atoms with Crippen molar-refractivity contribution in [1.82, 2.24) is 0 Å². The molecule has 0 N–H and O–H groups in total. The first kappa shape index (κ1) is 18.5. The smallest absolute Gasteiger partial charge is 0.348 e. The molecule has 0 saturated heterocycles. The van der Waals surface area contributed by atoms with E-state index in [0.29, 0.717) is 0 Å². The predicted molar refractivity (Wildman–Crippen MR) is 112 cm³/mol. The monoisotopic (exact) mass is 513 g/mol. The van der Waals surface area contributed by atoms with Crippen LogP contribution in [0.25, 0.3) is 25.6 Å². The molecule has 0 saturated carbocycles. The number of thiophene rings is 3. The number of nitrogens with zero attached hydrogens (tertiary/aromatic N) is 1. The van der Waals surface area contributed by atoms with Crippen LogP contribution in [0.4, 0.5) is 0 Å². The number of carbonyl (C=O) groups excluding carboxylic acids is 1. The van der Waals surface area contributed by atoms with Crippen molar-refractivity contribution >= 4 is 77.9 Å². The second-order valence-electron chi connectivity index (χ2n) is 4.76. The number of halogens is 2. The van der Waals surface area contributed by atoms with Crippen LogP contribution in [0.3, 0.4) is 0 Å². The molecule has 0 unspecified atom stereocenters. The lowest BCUT2D eigenvalue weighted by molar-refractivity contribution is -0.135. The van der Waals surface area contributed by atoms with Crippen molar-refractivity contribution in [2.45, 2.75) is 0 Å². The molecule has 0 spiro atoms. The van der Waals surface area contributed by atoms with Crippen LogP contribution < -0.4 is 0 Å². The number of hydrogen-bond acceptors (Lipinski definition) is 6. The normalized spacial score (nSPS) is 11.4. The van der Waals surface area contributed by atoms with Crippen molar-refractivity contribution < 1.29 is 9.53 Å². The van der Waals surface area contributed by atoms with Crippen molar-refractivity contribution in [3.63, 3.8) is 0 Å². The van der Waals surface area contributed by atoms with Crippen LogP contribution in [0.5, 0.6) is 0 Å².